The summed E-state index contributed by atoms with van der Waals surface area (Å²) in [6, 6.07) is 4.02. The first kappa shape index (κ1) is 11.3. The SMILES string of the molecule is Cn1cc(COc2ccc(C=O)cc2F)nn1. The molecule has 0 aliphatic rings. The van der Waals surface area contributed by atoms with Crippen molar-refractivity contribution < 1.29 is 13.9 Å². The van der Waals surface area contributed by atoms with Crippen molar-refractivity contribution in [3.05, 3.63) is 41.5 Å². The fourth-order valence-electron chi connectivity index (χ4n) is 1.32. The molecule has 1 aromatic carbocycles. The molecule has 88 valence electrons. The zero-order chi connectivity index (χ0) is 12.3. The number of aromatic nitrogens is 3. The Bertz CT molecular complexity index is 539. The normalized spacial score (nSPS) is 10.2. The van der Waals surface area contributed by atoms with Crippen LogP contribution in [0, 0.1) is 5.82 Å². The summed E-state index contributed by atoms with van der Waals surface area (Å²) < 4.78 is 20.2. The molecule has 2 rings (SSSR count). The van der Waals surface area contributed by atoms with E-state index in [9.17, 15) is 9.18 Å². The molecule has 6 heteroatoms. The van der Waals surface area contributed by atoms with Crippen molar-refractivity contribution in [2.24, 2.45) is 7.05 Å². The van der Waals surface area contributed by atoms with Gasteiger partial charge in [0.1, 0.15) is 18.6 Å². The van der Waals surface area contributed by atoms with Gasteiger partial charge < -0.3 is 4.74 Å². The maximum Gasteiger partial charge on any atom is 0.165 e. The van der Waals surface area contributed by atoms with Crippen LogP contribution in [0.1, 0.15) is 16.1 Å². The predicted molar refractivity (Wildman–Crippen MR) is 57.1 cm³/mol. The molecule has 0 radical (unpaired) electrons. The lowest BCUT2D eigenvalue weighted by Crippen LogP contribution is -1.98. The van der Waals surface area contributed by atoms with Crippen molar-refractivity contribution in [3.63, 3.8) is 0 Å². The molecular weight excluding hydrogens is 225 g/mol. The van der Waals surface area contributed by atoms with Crippen LogP contribution in [0.5, 0.6) is 5.75 Å². The van der Waals surface area contributed by atoms with Gasteiger partial charge >= 0.3 is 0 Å². The summed E-state index contributed by atoms with van der Waals surface area (Å²) in [7, 11) is 1.73. The highest BCUT2D eigenvalue weighted by Gasteiger charge is 2.06. The average Bonchev–Trinajstić information content (AvgIpc) is 2.73. The number of nitrogens with zero attached hydrogens (tertiary/aromatic N) is 3. The molecule has 0 fully saturated rings. The summed E-state index contributed by atoms with van der Waals surface area (Å²) in [4.78, 5) is 10.4. The van der Waals surface area contributed by atoms with Crippen LogP contribution in [-0.2, 0) is 13.7 Å². The summed E-state index contributed by atoms with van der Waals surface area (Å²) in [5, 5.41) is 7.53. The fourth-order valence-corrected chi connectivity index (χ4v) is 1.32. The van der Waals surface area contributed by atoms with Gasteiger partial charge in [0.25, 0.3) is 0 Å². The molecule has 0 spiro atoms. The second kappa shape index (κ2) is 4.73. The van der Waals surface area contributed by atoms with E-state index in [1.54, 1.807) is 13.2 Å². The lowest BCUT2D eigenvalue weighted by atomic mass is 10.2. The van der Waals surface area contributed by atoms with Gasteiger partial charge in [-0.3, -0.25) is 9.48 Å². The van der Waals surface area contributed by atoms with Crippen LogP contribution in [0.15, 0.2) is 24.4 Å². The van der Waals surface area contributed by atoms with E-state index in [-0.39, 0.29) is 17.9 Å². The predicted octanol–water partition coefficient (Wildman–Crippen LogP) is 1.35. The maximum atomic E-state index is 13.4. The summed E-state index contributed by atoms with van der Waals surface area (Å²) in [5.41, 5.74) is 0.876. The number of rotatable bonds is 4. The van der Waals surface area contributed by atoms with Crippen molar-refractivity contribution >= 4 is 6.29 Å². The van der Waals surface area contributed by atoms with Crippen LogP contribution < -0.4 is 4.74 Å². The van der Waals surface area contributed by atoms with E-state index in [4.69, 9.17) is 4.74 Å². The molecule has 1 heterocycles. The van der Waals surface area contributed by atoms with Crippen molar-refractivity contribution in [1.82, 2.24) is 15.0 Å². The molecule has 0 N–H and O–H groups in total. The molecule has 0 atom stereocenters. The molecule has 17 heavy (non-hydrogen) atoms. The monoisotopic (exact) mass is 235 g/mol. The minimum absolute atomic E-state index is 0.0845. The molecule has 0 amide bonds. The number of aryl methyl sites for hydroxylation is 1. The van der Waals surface area contributed by atoms with Gasteiger partial charge in [-0.15, -0.1) is 5.10 Å². The zero-order valence-corrected chi connectivity index (χ0v) is 9.13. The Kier molecular flexibility index (Phi) is 3.13. The van der Waals surface area contributed by atoms with Gasteiger partial charge in [-0.05, 0) is 18.2 Å². The summed E-state index contributed by atoms with van der Waals surface area (Å²) in [6.07, 6.45) is 2.26. The van der Waals surface area contributed by atoms with Crippen molar-refractivity contribution in [3.8, 4) is 5.75 Å². The van der Waals surface area contributed by atoms with Crippen molar-refractivity contribution in [2.75, 3.05) is 0 Å². The zero-order valence-electron chi connectivity index (χ0n) is 9.13. The van der Waals surface area contributed by atoms with Crippen molar-refractivity contribution in [1.29, 1.82) is 0 Å². The van der Waals surface area contributed by atoms with E-state index >= 15 is 0 Å². The number of benzene rings is 1. The molecule has 0 aliphatic carbocycles. The van der Waals surface area contributed by atoms with Gasteiger partial charge in [-0.1, -0.05) is 5.21 Å². The highest BCUT2D eigenvalue weighted by molar-refractivity contribution is 5.74. The Labute approximate surface area is 96.8 Å². The van der Waals surface area contributed by atoms with E-state index < -0.39 is 5.82 Å². The van der Waals surface area contributed by atoms with E-state index in [2.05, 4.69) is 10.3 Å². The number of ether oxygens (including phenoxy) is 1. The lowest BCUT2D eigenvalue weighted by Gasteiger charge is -2.05. The quantitative estimate of drug-likeness (QED) is 0.750. The third-order valence-electron chi connectivity index (χ3n) is 2.12. The Balaban J connectivity index is 2.06. The molecule has 0 aliphatic heterocycles. The summed E-state index contributed by atoms with van der Waals surface area (Å²) in [6.45, 7) is 0.130. The molecule has 2 aromatic rings. The molecule has 0 bridgehead atoms. The van der Waals surface area contributed by atoms with Gasteiger partial charge in [0, 0.05) is 12.6 Å². The van der Waals surface area contributed by atoms with Gasteiger partial charge in [-0.2, -0.15) is 0 Å². The van der Waals surface area contributed by atoms with Crippen LogP contribution in [0.2, 0.25) is 0 Å². The topological polar surface area (TPSA) is 57.0 Å². The first-order valence-electron chi connectivity index (χ1n) is 4.92. The third kappa shape index (κ3) is 2.66. The molecule has 0 saturated heterocycles. The lowest BCUT2D eigenvalue weighted by molar-refractivity contribution is 0.112. The highest BCUT2D eigenvalue weighted by atomic mass is 19.1. The van der Waals surface area contributed by atoms with Crippen LogP contribution in [-0.4, -0.2) is 21.3 Å². The number of halogens is 1. The first-order valence-corrected chi connectivity index (χ1v) is 4.92. The van der Waals surface area contributed by atoms with E-state index in [1.165, 1.54) is 16.8 Å². The first-order chi connectivity index (χ1) is 8.19. The minimum atomic E-state index is -0.571. The average molecular weight is 235 g/mol. The number of carbonyl (C=O) groups is 1. The largest absolute Gasteiger partial charge is 0.484 e. The summed E-state index contributed by atoms with van der Waals surface area (Å²) in [5.74, 6) is -0.486. The fraction of sp³-hybridized carbons (Fsp3) is 0.182. The van der Waals surface area contributed by atoms with Gasteiger partial charge in [0.15, 0.2) is 11.6 Å². The van der Waals surface area contributed by atoms with Crippen LogP contribution in [0.25, 0.3) is 0 Å². The Morgan fingerprint density at radius 2 is 2.35 bits per heavy atom. The van der Waals surface area contributed by atoms with Crippen molar-refractivity contribution in [2.45, 2.75) is 6.61 Å². The van der Waals surface area contributed by atoms with E-state index in [0.29, 0.717) is 12.0 Å². The van der Waals surface area contributed by atoms with Gasteiger partial charge in [0.2, 0.25) is 0 Å². The Hall–Kier alpha value is -2.24. The molecule has 0 saturated carbocycles. The van der Waals surface area contributed by atoms with Crippen LogP contribution in [0.3, 0.4) is 0 Å². The molecular formula is C11H10FN3O2. The van der Waals surface area contributed by atoms with E-state index in [1.807, 2.05) is 0 Å². The highest BCUT2D eigenvalue weighted by Crippen LogP contribution is 2.18. The van der Waals surface area contributed by atoms with E-state index in [0.717, 1.165) is 6.07 Å². The third-order valence-corrected chi connectivity index (χ3v) is 2.12. The van der Waals surface area contributed by atoms with Gasteiger partial charge in [-0.25, -0.2) is 4.39 Å². The number of hydrogen-bond acceptors (Lipinski definition) is 4. The second-order valence-corrected chi connectivity index (χ2v) is 3.48. The molecule has 5 nitrogen and oxygen atoms in total. The van der Waals surface area contributed by atoms with Gasteiger partial charge in [0.05, 0.1) is 6.20 Å². The van der Waals surface area contributed by atoms with Crippen LogP contribution >= 0.6 is 0 Å². The number of hydrogen-bond donors (Lipinski definition) is 0. The maximum absolute atomic E-state index is 13.4. The molecule has 0 unspecified atom stereocenters. The Morgan fingerprint density at radius 3 is 2.94 bits per heavy atom. The summed E-state index contributed by atoms with van der Waals surface area (Å²) >= 11 is 0. The Morgan fingerprint density at radius 1 is 1.53 bits per heavy atom. The minimum Gasteiger partial charge on any atom is -0.484 e. The number of carbonyl (C=O) groups excluding carboxylic acids is 1. The second-order valence-electron chi connectivity index (χ2n) is 3.48. The van der Waals surface area contributed by atoms with Crippen LogP contribution in [0.4, 0.5) is 4.39 Å². The number of aldehydes is 1. The molecule has 1 aromatic heterocycles. The standard InChI is InChI=1S/C11H10FN3O2/c1-15-5-9(13-14-15)7-17-11-3-2-8(6-16)4-10(11)12/h2-6H,7H2,1H3. The smallest absolute Gasteiger partial charge is 0.165 e.